The molecule has 0 unspecified atom stereocenters. The second-order valence-corrected chi connectivity index (χ2v) is 10.6. The predicted octanol–water partition coefficient (Wildman–Crippen LogP) is 6.31. The number of hydrogen-bond donors (Lipinski definition) is 1. The fourth-order valence-electron chi connectivity index (χ4n) is 4.08. The Morgan fingerprint density at radius 1 is 1.00 bits per heavy atom. The van der Waals surface area contributed by atoms with Gasteiger partial charge in [0, 0.05) is 24.1 Å². The van der Waals surface area contributed by atoms with Gasteiger partial charge in [0.1, 0.15) is 5.82 Å². The van der Waals surface area contributed by atoms with E-state index in [1.165, 1.54) is 29.7 Å². The molecule has 3 rings (SSSR count). The molecule has 0 spiro atoms. The highest BCUT2D eigenvalue weighted by atomic mass is 16.2. The van der Waals surface area contributed by atoms with Crippen molar-refractivity contribution >= 4 is 17.6 Å². The molecule has 6 heteroatoms. The number of amides is 2. The molecule has 0 saturated heterocycles. The third-order valence-corrected chi connectivity index (χ3v) is 6.34. The molecule has 1 aromatic heterocycles. The minimum atomic E-state index is -0.270. The molecule has 0 aliphatic heterocycles. The monoisotopic (exact) mass is 488 g/mol. The summed E-state index contributed by atoms with van der Waals surface area (Å²) in [4.78, 5) is 27.4. The van der Waals surface area contributed by atoms with Crippen LogP contribution in [-0.2, 0) is 16.6 Å². The molecule has 3 aromatic rings. The van der Waals surface area contributed by atoms with Gasteiger partial charge < -0.3 is 10.2 Å². The van der Waals surface area contributed by atoms with Crippen LogP contribution in [0.25, 0.3) is 5.69 Å². The molecular formula is C30H40N4O2. The number of hydrogen-bond acceptors (Lipinski definition) is 3. The van der Waals surface area contributed by atoms with Crippen LogP contribution in [0.4, 0.5) is 5.82 Å². The molecule has 0 bridgehead atoms. The van der Waals surface area contributed by atoms with Crippen molar-refractivity contribution in [2.45, 2.75) is 72.1 Å². The molecule has 0 aliphatic carbocycles. The van der Waals surface area contributed by atoms with E-state index in [2.05, 4.69) is 33.0 Å². The molecule has 0 atom stereocenters. The number of benzene rings is 2. The highest BCUT2D eigenvalue weighted by Crippen LogP contribution is 2.27. The minimum Gasteiger partial charge on any atom is -0.332 e. The maximum absolute atomic E-state index is 13.0. The number of likely N-dealkylation sites (N-methyl/N-ethyl adjacent to an activating group) is 1. The first-order chi connectivity index (χ1) is 17.1. The molecular weight excluding hydrogens is 448 g/mol. The first-order valence-corrected chi connectivity index (χ1v) is 12.9. The average Bonchev–Trinajstić information content (AvgIpc) is 3.26. The van der Waals surface area contributed by atoms with Crippen molar-refractivity contribution in [2.24, 2.45) is 0 Å². The Kier molecular flexibility index (Phi) is 9.08. The van der Waals surface area contributed by atoms with Crippen LogP contribution in [0, 0.1) is 6.92 Å². The van der Waals surface area contributed by atoms with E-state index in [9.17, 15) is 9.59 Å². The lowest BCUT2D eigenvalue weighted by Gasteiger charge is -2.17. The van der Waals surface area contributed by atoms with E-state index in [1.54, 1.807) is 11.7 Å². The van der Waals surface area contributed by atoms with Crippen LogP contribution >= 0.6 is 0 Å². The van der Waals surface area contributed by atoms with Gasteiger partial charge in [-0.05, 0) is 49.1 Å². The topological polar surface area (TPSA) is 67.2 Å². The second-order valence-electron chi connectivity index (χ2n) is 10.6. The largest absolute Gasteiger partial charge is 0.332 e. The summed E-state index contributed by atoms with van der Waals surface area (Å²) in [7, 11) is 1.65. The van der Waals surface area contributed by atoms with Crippen LogP contribution in [0.1, 0.15) is 80.6 Å². The van der Waals surface area contributed by atoms with Crippen LogP contribution in [-0.4, -0.2) is 40.1 Å². The van der Waals surface area contributed by atoms with Gasteiger partial charge in [-0.2, -0.15) is 5.10 Å². The lowest BCUT2D eigenvalue weighted by molar-refractivity contribution is -0.116. The van der Waals surface area contributed by atoms with E-state index in [4.69, 9.17) is 5.10 Å². The van der Waals surface area contributed by atoms with Crippen LogP contribution in [0.5, 0.6) is 0 Å². The molecule has 0 aliphatic rings. The Balaban J connectivity index is 1.68. The van der Waals surface area contributed by atoms with Gasteiger partial charge in [0.25, 0.3) is 5.91 Å². The second kappa shape index (κ2) is 12.0. The maximum atomic E-state index is 13.0. The van der Waals surface area contributed by atoms with Crippen LogP contribution in [0.3, 0.4) is 0 Å². The normalized spacial score (nSPS) is 11.4. The van der Waals surface area contributed by atoms with E-state index < -0.39 is 0 Å². The Labute approximate surface area is 215 Å². The summed E-state index contributed by atoms with van der Waals surface area (Å²) in [6, 6.07) is 17.6. The van der Waals surface area contributed by atoms with Gasteiger partial charge >= 0.3 is 0 Å². The standard InChI is InChI=1S/C30H40N4O2/c1-7-8-9-10-14-23-16-18-24(19-17-23)29(36)33(6)21-28(35)31-27-20-26(30(3,4)5)32-34(27)25-15-12-11-13-22(25)2/h11-13,15-20H,7-10,14,21H2,1-6H3,(H,31,35). The molecule has 6 nitrogen and oxygen atoms in total. The van der Waals surface area contributed by atoms with Crippen molar-refractivity contribution in [3.05, 3.63) is 77.0 Å². The number of anilines is 1. The Morgan fingerprint density at radius 3 is 2.33 bits per heavy atom. The average molecular weight is 489 g/mol. The zero-order valence-electron chi connectivity index (χ0n) is 22.6. The molecule has 1 N–H and O–H groups in total. The van der Waals surface area contributed by atoms with Gasteiger partial charge in [0.15, 0.2) is 0 Å². The molecule has 2 aromatic carbocycles. The number of nitrogens with one attached hydrogen (secondary N) is 1. The Bertz CT molecular complexity index is 1170. The van der Waals surface area contributed by atoms with Crippen molar-refractivity contribution in [1.82, 2.24) is 14.7 Å². The van der Waals surface area contributed by atoms with Crippen LogP contribution < -0.4 is 5.32 Å². The number of para-hydroxylation sites is 1. The molecule has 2 amide bonds. The number of carbonyl (C=O) groups is 2. The zero-order valence-corrected chi connectivity index (χ0v) is 22.6. The summed E-state index contributed by atoms with van der Waals surface area (Å²) < 4.78 is 1.77. The molecule has 0 fully saturated rings. The summed E-state index contributed by atoms with van der Waals surface area (Å²) in [5.41, 5.74) is 4.48. The first kappa shape index (κ1) is 27.2. The van der Waals surface area contributed by atoms with Gasteiger partial charge in [0.05, 0.1) is 17.9 Å². The number of rotatable bonds is 10. The number of nitrogens with zero attached hydrogens (tertiary/aromatic N) is 3. The zero-order chi connectivity index (χ0) is 26.3. The third kappa shape index (κ3) is 7.06. The summed E-state index contributed by atoms with van der Waals surface area (Å²) in [5.74, 6) is 0.145. The van der Waals surface area contributed by atoms with Gasteiger partial charge in [-0.15, -0.1) is 0 Å². The number of aromatic nitrogens is 2. The smallest absolute Gasteiger partial charge is 0.254 e. The Morgan fingerprint density at radius 2 is 1.69 bits per heavy atom. The van der Waals surface area contributed by atoms with Crippen molar-refractivity contribution in [3.8, 4) is 5.69 Å². The molecule has 192 valence electrons. The SMILES string of the molecule is CCCCCCc1ccc(C(=O)N(C)CC(=O)Nc2cc(C(C)(C)C)nn2-c2ccccc2C)cc1. The van der Waals surface area contributed by atoms with Gasteiger partial charge in [-0.1, -0.05) is 77.3 Å². The summed E-state index contributed by atoms with van der Waals surface area (Å²) >= 11 is 0. The number of carbonyl (C=O) groups excluding carboxylic acids is 2. The van der Waals surface area contributed by atoms with E-state index in [-0.39, 0.29) is 23.8 Å². The molecule has 0 saturated carbocycles. The summed E-state index contributed by atoms with van der Waals surface area (Å²) in [5, 5.41) is 7.76. The quantitative estimate of drug-likeness (QED) is 0.340. The van der Waals surface area contributed by atoms with Crippen molar-refractivity contribution in [2.75, 3.05) is 18.9 Å². The van der Waals surface area contributed by atoms with E-state index in [0.717, 1.165) is 29.8 Å². The fraction of sp³-hybridized carbons (Fsp3) is 0.433. The lowest BCUT2D eigenvalue weighted by Crippen LogP contribution is -2.35. The van der Waals surface area contributed by atoms with Gasteiger partial charge in [0.2, 0.25) is 5.91 Å². The first-order valence-electron chi connectivity index (χ1n) is 12.9. The highest BCUT2D eigenvalue weighted by molar-refractivity contribution is 5.99. The molecule has 0 radical (unpaired) electrons. The molecule has 36 heavy (non-hydrogen) atoms. The van der Waals surface area contributed by atoms with Crippen LogP contribution in [0.15, 0.2) is 54.6 Å². The van der Waals surface area contributed by atoms with Crippen molar-refractivity contribution < 1.29 is 9.59 Å². The molecule has 1 heterocycles. The Hall–Kier alpha value is -3.41. The fourth-order valence-corrected chi connectivity index (χ4v) is 4.08. The number of aryl methyl sites for hydroxylation is 2. The van der Waals surface area contributed by atoms with Gasteiger partial charge in [-0.3, -0.25) is 9.59 Å². The van der Waals surface area contributed by atoms with Crippen molar-refractivity contribution in [3.63, 3.8) is 0 Å². The minimum absolute atomic E-state index is 0.0542. The van der Waals surface area contributed by atoms with Gasteiger partial charge in [-0.25, -0.2) is 4.68 Å². The van der Waals surface area contributed by atoms with E-state index in [0.29, 0.717) is 11.4 Å². The summed E-state index contributed by atoms with van der Waals surface area (Å²) in [6.45, 7) is 10.4. The van der Waals surface area contributed by atoms with Crippen LogP contribution in [0.2, 0.25) is 0 Å². The highest BCUT2D eigenvalue weighted by Gasteiger charge is 2.23. The van der Waals surface area contributed by atoms with E-state index in [1.807, 2.05) is 61.5 Å². The third-order valence-electron chi connectivity index (χ3n) is 6.34. The predicted molar refractivity (Wildman–Crippen MR) is 147 cm³/mol. The summed E-state index contributed by atoms with van der Waals surface area (Å²) in [6.07, 6.45) is 5.90. The maximum Gasteiger partial charge on any atom is 0.254 e. The number of unbranched alkanes of at least 4 members (excludes halogenated alkanes) is 3. The van der Waals surface area contributed by atoms with E-state index >= 15 is 0 Å². The van der Waals surface area contributed by atoms with Crippen molar-refractivity contribution in [1.29, 1.82) is 0 Å². The lowest BCUT2D eigenvalue weighted by atomic mass is 9.92.